The lowest BCUT2D eigenvalue weighted by atomic mass is 10.3. The van der Waals surface area contributed by atoms with E-state index in [0.717, 1.165) is 24.2 Å². The Bertz CT molecular complexity index is 1090. The number of aryl methyl sites for hydroxylation is 1. The summed E-state index contributed by atoms with van der Waals surface area (Å²) in [5.74, 6) is 0.942. The van der Waals surface area contributed by atoms with Crippen LogP contribution in [0.15, 0.2) is 29.3 Å². The van der Waals surface area contributed by atoms with Gasteiger partial charge in [0.05, 0.1) is 24.5 Å². The van der Waals surface area contributed by atoms with Crippen molar-refractivity contribution in [2.45, 2.75) is 36.9 Å². The van der Waals surface area contributed by atoms with Gasteiger partial charge in [0, 0.05) is 13.0 Å². The van der Waals surface area contributed by atoms with Gasteiger partial charge in [0.1, 0.15) is 10.8 Å². The number of hydrogen-bond acceptors (Lipinski definition) is 9. The predicted molar refractivity (Wildman–Crippen MR) is 105 cm³/mol. The SMILES string of the molecule is Cn1nc(C2CC2)cc1CNS(=O)(=O)c1cccc(NCc2nnc(N)s2)n1. The first kappa shape index (κ1) is 18.8. The summed E-state index contributed by atoms with van der Waals surface area (Å²) in [7, 11) is -1.94. The van der Waals surface area contributed by atoms with Gasteiger partial charge in [-0.25, -0.2) is 18.1 Å². The third-order valence-electron chi connectivity index (χ3n) is 4.34. The maximum Gasteiger partial charge on any atom is 0.258 e. The minimum atomic E-state index is -3.76. The molecule has 4 N–H and O–H groups in total. The Labute approximate surface area is 166 Å². The number of aromatic nitrogens is 5. The van der Waals surface area contributed by atoms with E-state index >= 15 is 0 Å². The number of pyridine rings is 1. The number of rotatable bonds is 8. The molecular weight excluding hydrogens is 400 g/mol. The van der Waals surface area contributed by atoms with Crippen molar-refractivity contribution in [3.05, 3.63) is 40.7 Å². The third kappa shape index (κ3) is 4.29. The number of nitrogens with two attached hydrogens (primary N) is 1. The quantitative estimate of drug-likeness (QED) is 0.494. The standard InChI is InChI=1S/C16H20N8O2S2/c1-24-11(7-12(23-24)10-5-6-10)8-19-28(25,26)15-4-2-3-13(20-15)18-9-14-21-22-16(17)27-14/h2-4,7,10,19H,5-6,8-9H2,1H3,(H2,17,22)(H,18,20). The van der Waals surface area contributed by atoms with Crippen LogP contribution < -0.4 is 15.8 Å². The Balaban J connectivity index is 1.42. The highest BCUT2D eigenvalue weighted by Gasteiger charge is 2.27. The predicted octanol–water partition coefficient (Wildman–Crippen LogP) is 1.22. The van der Waals surface area contributed by atoms with Crippen molar-refractivity contribution >= 4 is 32.3 Å². The molecular formula is C16H20N8O2S2. The third-order valence-corrected chi connectivity index (χ3v) is 6.39. The number of nitrogens with zero attached hydrogens (tertiary/aromatic N) is 5. The molecule has 0 saturated heterocycles. The molecule has 0 aliphatic heterocycles. The van der Waals surface area contributed by atoms with Crippen molar-refractivity contribution in [2.75, 3.05) is 11.1 Å². The van der Waals surface area contributed by atoms with Crippen molar-refractivity contribution in [3.8, 4) is 0 Å². The molecule has 1 fully saturated rings. The fourth-order valence-electron chi connectivity index (χ4n) is 2.68. The lowest BCUT2D eigenvalue weighted by Crippen LogP contribution is -2.25. The molecule has 1 aliphatic carbocycles. The van der Waals surface area contributed by atoms with E-state index in [1.807, 2.05) is 13.1 Å². The van der Waals surface area contributed by atoms with Gasteiger partial charge in [-0.3, -0.25) is 4.68 Å². The molecule has 10 nitrogen and oxygen atoms in total. The van der Waals surface area contributed by atoms with Crippen molar-refractivity contribution in [2.24, 2.45) is 7.05 Å². The van der Waals surface area contributed by atoms with E-state index in [1.165, 1.54) is 17.4 Å². The molecule has 0 spiro atoms. The molecule has 148 valence electrons. The van der Waals surface area contributed by atoms with Crippen molar-refractivity contribution in [1.82, 2.24) is 29.7 Å². The fourth-order valence-corrected chi connectivity index (χ4v) is 4.20. The van der Waals surface area contributed by atoms with Gasteiger partial charge in [0.2, 0.25) is 5.13 Å². The molecule has 3 aromatic rings. The highest BCUT2D eigenvalue weighted by atomic mass is 32.2. The molecule has 0 bridgehead atoms. The van der Waals surface area contributed by atoms with Crippen LogP contribution in [0.2, 0.25) is 0 Å². The van der Waals surface area contributed by atoms with Gasteiger partial charge in [-0.2, -0.15) is 5.10 Å². The average molecular weight is 421 g/mol. The molecule has 3 heterocycles. The van der Waals surface area contributed by atoms with Crippen LogP contribution in [0.3, 0.4) is 0 Å². The lowest BCUT2D eigenvalue weighted by molar-refractivity contribution is 0.573. The Morgan fingerprint density at radius 2 is 2.11 bits per heavy atom. The maximum absolute atomic E-state index is 12.6. The number of nitrogens with one attached hydrogen (secondary N) is 2. The summed E-state index contributed by atoms with van der Waals surface area (Å²) >= 11 is 1.26. The molecule has 0 atom stereocenters. The second-order valence-electron chi connectivity index (χ2n) is 6.53. The van der Waals surface area contributed by atoms with Gasteiger partial charge in [0.15, 0.2) is 5.03 Å². The number of hydrogen-bond donors (Lipinski definition) is 3. The van der Waals surface area contributed by atoms with Crippen LogP contribution in [0.1, 0.15) is 35.2 Å². The normalized spacial score (nSPS) is 14.3. The topological polar surface area (TPSA) is 141 Å². The largest absolute Gasteiger partial charge is 0.374 e. The molecule has 4 rings (SSSR count). The number of sulfonamides is 1. The second-order valence-corrected chi connectivity index (χ2v) is 9.34. The monoisotopic (exact) mass is 420 g/mol. The van der Waals surface area contributed by atoms with Crippen LogP contribution in [-0.4, -0.2) is 33.4 Å². The average Bonchev–Trinajstić information content (AvgIpc) is 3.34. The van der Waals surface area contributed by atoms with Gasteiger partial charge in [-0.15, -0.1) is 10.2 Å². The van der Waals surface area contributed by atoms with E-state index in [2.05, 4.69) is 30.3 Å². The maximum atomic E-state index is 12.6. The number of nitrogen functional groups attached to an aromatic ring is 1. The van der Waals surface area contributed by atoms with Crippen LogP contribution in [0, 0.1) is 0 Å². The highest BCUT2D eigenvalue weighted by Crippen LogP contribution is 2.39. The Kier molecular flexibility index (Phi) is 5.00. The second kappa shape index (κ2) is 7.45. The van der Waals surface area contributed by atoms with E-state index < -0.39 is 10.0 Å². The molecule has 28 heavy (non-hydrogen) atoms. The van der Waals surface area contributed by atoms with Crippen LogP contribution in [0.25, 0.3) is 0 Å². The van der Waals surface area contributed by atoms with Crippen LogP contribution >= 0.6 is 11.3 Å². The summed E-state index contributed by atoms with van der Waals surface area (Å²) < 4.78 is 29.6. The van der Waals surface area contributed by atoms with Crippen LogP contribution in [0.4, 0.5) is 10.9 Å². The van der Waals surface area contributed by atoms with Crippen LogP contribution in [-0.2, 0) is 30.2 Å². The minimum absolute atomic E-state index is 0.0566. The molecule has 0 radical (unpaired) electrons. The summed E-state index contributed by atoms with van der Waals surface area (Å²) in [6.45, 7) is 0.514. The first-order chi connectivity index (χ1) is 13.4. The van der Waals surface area contributed by atoms with E-state index in [9.17, 15) is 8.42 Å². The minimum Gasteiger partial charge on any atom is -0.374 e. The summed E-state index contributed by atoms with van der Waals surface area (Å²) in [4.78, 5) is 4.19. The first-order valence-corrected chi connectivity index (χ1v) is 11.0. The molecule has 1 saturated carbocycles. The van der Waals surface area contributed by atoms with Gasteiger partial charge in [-0.05, 0) is 31.0 Å². The summed E-state index contributed by atoms with van der Waals surface area (Å²) in [6, 6.07) is 6.73. The van der Waals surface area contributed by atoms with Gasteiger partial charge >= 0.3 is 0 Å². The van der Waals surface area contributed by atoms with Gasteiger partial charge in [-0.1, -0.05) is 17.4 Å². The van der Waals surface area contributed by atoms with Crippen molar-refractivity contribution in [3.63, 3.8) is 0 Å². The Morgan fingerprint density at radius 3 is 2.82 bits per heavy atom. The van der Waals surface area contributed by atoms with E-state index in [4.69, 9.17) is 5.73 Å². The van der Waals surface area contributed by atoms with Gasteiger partial charge < -0.3 is 11.1 Å². The lowest BCUT2D eigenvalue weighted by Gasteiger charge is -2.08. The van der Waals surface area contributed by atoms with Crippen molar-refractivity contribution < 1.29 is 8.42 Å². The molecule has 0 unspecified atom stereocenters. The zero-order valence-electron chi connectivity index (χ0n) is 15.2. The summed E-state index contributed by atoms with van der Waals surface area (Å²) in [6.07, 6.45) is 2.30. The zero-order chi connectivity index (χ0) is 19.7. The smallest absolute Gasteiger partial charge is 0.258 e. The highest BCUT2D eigenvalue weighted by molar-refractivity contribution is 7.89. The molecule has 0 amide bonds. The number of anilines is 2. The first-order valence-electron chi connectivity index (χ1n) is 8.72. The summed E-state index contributed by atoms with van der Waals surface area (Å²) in [5, 5.41) is 16.1. The molecule has 3 aromatic heterocycles. The van der Waals surface area contributed by atoms with E-state index in [1.54, 1.807) is 16.8 Å². The van der Waals surface area contributed by atoms with Crippen molar-refractivity contribution in [1.29, 1.82) is 0 Å². The van der Waals surface area contributed by atoms with Crippen LogP contribution in [0.5, 0.6) is 0 Å². The van der Waals surface area contributed by atoms with Gasteiger partial charge in [0.25, 0.3) is 10.0 Å². The van der Waals surface area contributed by atoms with E-state index in [-0.39, 0.29) is 11.6 Å². The molecule has 1 aliphatic rings. The fraction of sp³-hybridized carbons (Fsp3) is 0.375. The summed E-state index contributed by atoms with van der Waals surface area (Å²) in [5.41, 5.74) is 7.39. The Morgan fingerprint density at radius 1 is 1.29 bits per heavy atom. The molecule has 0 aromatic carbocycles. The van der Waals surface area contributed by atoms with E-state index in [0.29, 0.717) is 28.4 Å². The molecule has 12 heteroatoms. The zero-order valence-corrected chi connectivity index (χ0v) is 16.8. The Hall–Kier alpha value is -2.57.